The summed E-state index contributed by atoms with van der Waals surface area (Å²) in [5.41, 5.74) is 4.83. The molecule has 5 nitrogen and oxygen atoms in total. The van der Waals surface area contributed by atoms with Gasteiger partial charge < -0.3 is 9.72 Å². The quantitative estimate of drug-likeness (QED) is 0.769. The maximum atomic E-state index is 5.59. The average Bonchev–Trinajstić information content (AvgIpc) is 3.38. The lowest BCUT2D eigenvalue weighted by Crippen LogP contribution is -2.32. The predicted octanol–water partition coefficient (Wildman–Crippen LogP) is 3.79. The average molecular weight is 360 g/mol. The Hall–Kier alpha value is -2.66. The standard InChI is InChI=1S/C22H24N4O/c1-2-9-23-20(3-1)16-6-10-26(11-7-16)15-19-14-24-22(25-19)18-4-5-21-17(13-18)8-12-27-21/h1-5,9,13-14,16H,6-8,10-12,15H2,(H,24,25). The van der Waals surface area contributed by atoms with Gasteiger partial charge in [0, 0.05) is 48.2 Å². The Bertz CT molecular complexity index is 913. The van der Waals surface area contributed by atoms with Crippen molar-refractivity contribution in [1.29, 1.82) is 0 Å². The molecular formula is C22H24N4O. The van der Waals surface area contributed by atoms with Crippen molar-refractivity contribution in [3.63, 3.8) is 0 Å². The molecule has 0 spiro atoms. The fraction of sp³-hybridized carbons (Fsp3) is 0.364. The molecule has 138 valence electrons. The summed E-state index contributed by atoms with van der Waals surface area (Å²) in [6.07, 6.45) is 7.20. The van der Waals surface area contributed by atoms with E-state index in [1.807, 2.05) is 18.5 Å². The molecule has 0 unspecified atom stereocenters. The number of likely N-dealkylation sites (tertiary alicyclic amines) is 1. The van der Waals surface area contributed by atoms with Gasteiger partial charge in [0.15, 0.2) is 0 Å². The second-order valence-electron chi connectivity index (χ2n) is 7.48. The molecule has 27 heavy (non-hydrogen) atoms. The topological polar surface area (TPSA) is 54.0 Å². The van der Waals surface area contributed by atoms with E-state index >= 15 is 0 Å². The molecule has 5 heteroatoms. The van der Waals surface area contributed by atoms with Gasteiger partial charge in [0.1, 0.15) is 11.6 Å². The number of imidazole rings is 1. The monoisotopic (exact) mass is 360 g/mol. The van der Waals surface area contributed by atoms with Crippen LogP contribution in [0.4, 0.5) is 0 Å². The van der Waals surface area contributed by atoms with Crippen LogP contribution in [0.15, 0.2) is 48.8 Å². The number of nitrogens with one attached hydrogen (secondary N) is 1. The summed E-state index contributed by atoms with van der Waals surface area (Å²) in [6.45, 7) is 3.92. The summed E-state index contributed by atoms with van der Waals surface area (Å²) in [6, 6.07) is 12.6. The van der Waals surface area contributed by atoms with Crippen molar-refractivity contribution in [3.05, 3.63) is 65.7 Å². The minimum absolute atomic E-state index is 0.591. The van der Waals surface area contributed by atoms with Gasteiger partial charge in [0.05, 0.1) is 6.61 Å². The third-order valence-electron chi connectivity index (χ3n) is 5.68. The zero-order valence-corrected chi connectivity index (χ0v) is 15.4. The Labute approximate surface area is 159 Å². The molecule has 0 bridgehead atoms. The smallest absolute Gasteiger partial charge is 0.137 e. The fourth-order valence-corrected chi connectivity index (χ4v) is 4.17. The minimum Gasteiger partial charge on any atom is -0.493 e. The maximum absolute atomic E-state index is 5.59. The highest BCUT2D eigenvalue weighted by Crippen LogP contribution is 2.30. The third-order valence-corrected chi connectivity index (χ3v) is 5.68. The van der Waals surface area contributed by atoms with E-state index in [2.05, 4.69) is 50.2 Å². The first kappa shape index (κ1) is 16.5. The molecule has 2 aliphatic heterocycles. The van der Waals surface area contributed by atoms with Gasteiger partial charge in [-0.15, -0.1) is 0 Å². The fourth-order valence-electron chi connectivity index (χ4n) is 4.17. The number of nitrogens with zero attached hydrogens (tertiary/aromatic N) is 3. The molecular weight excluding hydrogens is 336 g/mol. The van der Waals surface area contributed by atoms with E-state index in [1.165, 1.54) is 29.8 Å². The number of hydrogen-bond acceptors (Lipinski definition) is 4. The summed E-state index contributed by atoms with van der Waals surface area (Å²) in [4.78, 5) is 15.1. The van der Waals surface area contributed by atoms with Crippen LogP contribution in [0, 0.1) is 0 Å². The number of pyridine rings is 1. The highest BCUT2D eigenvalue weighted by molar-refractivity contribution is 5.59. The number of aromatic nitrogens is 3. The Balaban J connectivity index is 1.22. The van der Waals surface area contributed by atoms with Crippen LogP contribution in [0.2, 0.25) is 0 Å². The number of hydrogen-bond donors (Lipinski definition) is 1. The molecule has 1 aromatic carbocycles. The van der Waals surface area contributed by atoms with E-state index in [0.717, 1.165) is 49.8 Å². The van der Waals surface area contributed by atoms with Crippen molar-refractivity contribution in [3.8, 4) is 17.1 Å². The molecule has 0 saturated carbocycles. The van der Waals surface area contributed by atoms with Crippen LogP contribution < -0.4 is 4.74 Å². The molecule has 1 saturated heterocycles. The van der Waals surface area contributed by atoms with Crippen LogP contribution in [-0.2, 0) is 13.0 Å². The van der Waals surface area contributed by atoms with Gasteiger partial charge in [0.2, 0.25) is 0 Å². The minimum atomic E-state index is 0.591. The zero-order chi connectivity index (χ0) is 18.1. The lowest BCUT2D eigenvalue weighted by molar-refractivity contribution is 0.201. The van der Waals surface area contributed by atoms with Gasteiger partial charge in [-0.2, -0.15) is 0 Å². The molecule has 2 aliphatic rings. The van der Waals surface area contributed by atoms with Crippen LogP contribution in [0.5, 0.6) is 5.75 Å². The maximum Gasteiger partial charge on any atom is 0.137 e. The summed E-state index contributed by atoms with van der Waals surface area (Å²) < 4.78 is 5.59. The molecule has 2 aromatic heterocycles. The van der Waals surface area contributed by atoms with Crippen LogP contribution in [-0.4, -0.2) is 39.5 Å². The van der Waals surface area contributed by atoms with Crippen LogP contribution in [0.1, 0.15) is 35.7 Å². The summed E-state index contributed by atoms with van der Waals surface area (Å²) >= 11 is 0. The Morgan fingerprint density at radius 2 is 2.04 bits per heavy atom. The van der Waals surface area contributed by atoms with Crippen molar-refractivity contribution in [2.45, 2.75) is 31.7 Å². The largest absolute Gasteiger partial charge is 0.493 e. The van der Waals surface area contributed by atoms with Crippen LogP contribution in [0.3, 0.4) is 0 Å². The number of ether oxygens (including phenoxy) is 1. The lowest BCUT2D eigenvalue weighted by atomic mass is 9.93. The Morgan fingerprint density at radius 3 is 2.89 bits per heavy atom. The summed E-state index contributed by atoms with van der Waals surface area (Å²) in [5.74, 6) is 2.55. The van der Waals surface area contributed by atoms with Gasteiger partial charge in [-0.05, 0) is 61.8 Å². The Morgan fingerprint density at radius 1 is 1.11 bits per heavy atom. The molecule has 0 aliphatic carbocycles. The van der Waals surface area contributed by atoms with E-state index in [1.54, 1.807) is 0 Å². The molecule has 5 rings (SSSR count). The molecule has 0 amide bonds. The van der Waals surface area contributed by atoms with Crippen molar-refractivity contribution >= 4 is 0 Å². The first-order valence-electron chi connectivity index (χ1n) is 9.78. The number of fused-ring (bicyclic) bond motifs is 1. The normalized spacial score (nSPS) is 17.6. The van der Waals surface area contributed by atoms with Crippen LogP contribution in [0.25, 0.3) is 11.4 Å². The van der Waals surface area contributed by atoms with Gasteiger partial charge >= 0.3 is 0 Å². The van der Waals surface area contributed by atoms with Crippen molar-refractivity contribution in [2.24, 2.45) is 0 Å². The molecule has 0 atom stereocenters. The van der Waals surface area contributed by atoms with Gasteiger partial charge in [-0.3, -0.25) is 9.88 Å². The van der Waals surface area contributed by atoms with Gasteiger partial charge in [0.25, 0.3) is 0 Å². The number of rotatable bonds is 4. The molecule has 1 N–H and O–H groups in total. The SMILES string of the molecule is c1ccc(C2CCN(Cc3cnc(-c4ccc5c(c4)CCO5)[nH]3)CC2)nc1. The van der Waals surface area contributed by atoms with Crippen LogP contribution >= 0.6 is 0 Å². The lowest BCUT2D eigenvalue weighted by Gasteiger charge is -2.31. The van der Waals surface area contributed by atoms with Crippen molar-refractivity contribution in [2.75, 3.05) is 19.7 Å². The third kappa shape index (κ3) is 3.47. The van der Waals surface area contributed by atoms with Gasteiger partial charge in [-0.25, -0.2) is 4.98 Å². The van der Waals surface area contributed by atoms with E-state index in [9.17, 15) is 0 Å². The summed E-state index contributed by atoms with van der Waals surface area (Å²) in [5, 5.41) is 0. The highest BCUT2D eigenvalue weighted by Gasteiger charge is 2.22. The summed E-state index contributed by atoms with van der Waals surface area (Å²) in [7, 11) is 0. The second-order valence-corrected chi connectivity index (χ2v) is 7.48. The number of benzene rings is 1. The van der Waals surface area contributed by atoms with Gasteiger partial charge in [-0.1, -0.05) is 6.07 Å². The molecule has 1 fully saturated rings. The second kappa shape index (κ2) is 7.16. The van der Waals surface area contributed by atoms with E-state index < -0.39 is 0 Å². The Kier molecular flexibility index (Phi) is 4.38. The zero-order valence-electron chi connectivity index (χ0n) is 15.4. The molecule has 4 heterocycles. The van der Waals surface area contributed by atoms with E-state index in [0.29, 0.717) is 5.92 Å². The number of H-pyrrole nitrogens is 1. The van der Waals surface area contributed by atoms with Crippen molar-refractivity contribution in [1.82, 2.24) is 19.9 Å². The predicted molar refractivity (Wildman–Crippen MR) is 105 cm³/mol. The molecule has 3 aromatic rings. The van der Waals surface area contributed by atoms with E-state index in [4.69, 9.17) is 4.74 Å². The first-order valence-corrected chi connectivity index (χ1v) is 9.78. The number of aromatic amines is 1. The molecule has 0 radical (unpaired) electrons. The first-order chi connectivity index (χ1) is 13.3. The highest BCUT2D eigenvalue weighted by atomic mass is 16.5. The van der Waals surface area contributed by atoms with E-state index in [-0.39, 0.29) is 0 Å². The number of piperidine rings is 1. The van der Waals surface area contributed by atoms with Crippen molar-refractivity contribution < 1.29 is 4.74 Å².